The third-order valence-corrected chi connectivity index (χ3v) is 4.17. The van der Waals surface area contributed by atoms with Crippen molar-refractivity contribution in [1.29, 1.82) is 0 Å². The number of carbonyl (C=O) groups is 1. The highest BCUT2D eigenvalue weighted by Crippen LogP contribution is 2.28. The van der Waals surface area contributed by atoms with Gasteiger partial charge in [0.05, 0.1) is 23.4 Å². The van der Waals surface area contributed by atoms with Gasteiger partial charge in [-0.15, -0.1) is 0 Å². The van der Waals surface area contributed by atoms with Gasteiger partial charge in [0, 0.05) is 16.0 Å². The minimum Gasteiger partial charge on any atom is -0.464 e. The van der Waals surface area contributed by atoms with Crippen LogP contribution >= 0.6 is 23.2 Å². The number of furan rings is 1. The highest BCUT2D eigenvalue weighted by molar-refractivity contribution is 6.33. The SMILES string of the molecule is Cc1cc2occ(CC(=O)Nc3ccccc3Cl)c2cc1Cl. The van der Waals surface area contributed by atoms with Crippen LogP contribution in [0.15, 0.2) is 47.1 Å². The molecule has 112 valence electrons. The van der Waals surface area contributed by atoms with Crippen LogP contribution in [0.1, 0.15) is 11.1 Å². The number of halogens is 2. The van der Waals surface area contributed by atoms with E-state index in [4.69, 9.17) is 27.6 Å². The van der Waals surface area contributed by atoms with Gasteiger partial charge in [0.15, 0.2) is 0 Å². The number of rotatable bonds is 3. The molecule has 2 aromatic carbocycles. The quantitative estimate of drug-likeness (QED) is 0.713. The average Bonchev–Trinajstić information content (AvgIpc) is 2.84. The number of anilines is 1. The van der Waals surface area contributed by atoms with Crippen molar-refractivity contribution >= 4 is 45.8 Å². The summed E-state index contributed by atoms with van der Waals surface area (Å²) in [6, 6.07) is 10.8. The van der Waals surface area contributed by atoms with Gasteiger partial charge < -0.3 is 9.73 Å². The third kappa shape index (κ3) is 2.96. The maximum absolute atomic E-state index is 12.2. The van der Waals surface area contributed by atoms with E-state index in [9.17, 15) is 4.79 Å². The highest BCUT2D eigenvalue weighted by atomic mass is 35.5. The lowest BCUT2D eigenvalue weighted by Gasteiger charge is -2.06. The molecule has 0 atom stereocenters. The van der Waals surface area contributed by atoms with Crippen molar-refractivity contribution in [2.75, 3.05) is 5.32 Å². The van der Waals surface area contributed by atoms with Crippen molar-refractivity contribution in [1.82, 2.24) is 0 Å². The monoisotopic (exact) mass is 333 g/mol. The van der Waals surface area contributed by atoms with E-state index in [1.807, 2.05) is 31.2 Å². The van der Waals surface area contributed by atoms with Crippen LogP contribution in [0.2, 0.25) is 10.0 Å². The second kappa shape index (κ2) is 6.03. The van der Waals surface area contributed by atoms with Crippen molar-refractivity contribution in [3.8, 4) is 0 Å². The molecule has 3 rings (SSSR count). The molecule has 22 heavy (non-hydrogen) atoms. The Hall–Kier alpha value is -1.97. The Morgan fingerprint density at radius 2 is 1.95 bits per heavy atom. The molecule has 3 aromatic rings. The van der Waals surface area contributed by atoms with E-state index < -0.39 is 0 Å². The topological polar surface area (TPSA) is 42.2 Å². The molecule has 0 aliphatic rings. The molecule has 0 spiro atoms. The molecule has 1 heterocycles. The fraction of sp³-hybridized carbons (Fsp3) is 0.118. The smallest absolute Gasteiger partial charge is 0.228 e. The number of aryl methyl sites for hydroxylation is 1. The first-order valence-corrected chi connectivity index (χ1v) is 7.51. The van der Waals surface area contributed by atoms with Crippen LogP contribution in [0.4, 0.5) is 5.69 Å². The molecule has 0 aliphatic heterocycles. The van der Waals surface area contributed by atoms with Gasteiger partial charge in [-0.25, -0.2) is 0 Å². The fourth-order valence-corrected chi connectivity index (χ4v) is 2.62. The number of hydrogen-bond acceptors (Lipinski definition) is 2. The lowest BCUT2D eigenvalue weighted by molar-refractivity contribution is -0.115. The molecule has 1 aromatic heterocycles. The predicted octanol–water partition coefficient (Wildman–Crippen LogP) is 5.23. The van der Waals surface area contributed by atoms with E-state index in [2.05, 4.69) is 5.32 Å². The number of hydrogen-bond donors (Lipinski definition) is 1. The van der Waals surface area contributed by atoms with Gasteiger partial charge in [0.1, 0.15) is 5.58 Å². The summed E-state index contributed by atoms with van der Waals surface area (Å²) in [5, 5.41) is 4.81. The van der Waals surface area contributed by atoms with Crippen molar-refractivity contribution in [2.24, 2.45) is 0 Å². The van der Waals surface area contributed by atoms with E-state index in [1.165, 1.54) is 0 Å². The summed E-state index contributed by atoms with van der Waals surface area (Å²) in [7, 11) is 0. The molecule has 0 radical (unpaired) electrons. The van der Waals surface area contributed by atoms with Gasteiger partial charge in [-0.2, -0.15) is 0 Å². The molecular formula is C17H13Cl2NO2. The summed E-state index contributed by atoms with van der Waals surface area (Å²) in [5.41, 5.74) is 3.05. The van der Waals surface area contributed by atoms with Crippen LogP contribution in [0, 0.1) is 6.92 Å². The van der Waals surface area contributed by atoms with Gasteiger partial charge in [0.25, 0.3) is 0 Å². The van der Waals surface area contributed by atoms with Gasteiger partial charge >= 0.3 is 0 Å². The van der Waals surface area contributed by atoms with Gasteiger partial charge in [-0.1, -0.05) is 35.3 Å². The van der Waals surface area contributed by atoms with Crippen LogP contribution < -0.4 is 5.32 Å². The maximum Gasteiger partial charge on any atom is 0.228 e. The van der Waals surface area contributed by atoms with Crippen molar-refractivity contribution in [3.05, 3.63) is 63.8 Å². The zero-order valence-corrected chi connectivity index (χ0v) is 13.3. The average molecular weight is 334 g/mol. The summed E-state index contributed by atoms with van der Waals surface area (Å²) in [6.07, 6.45) is 1.78. The third-order valence-electron chi connectivity index (χ3n) is 3.43. The highest BCUT2D eigenvalue weighted by Gasteiger charge is 2.13. The van der Waals surface area contributed by atoms with Crippen molar-refractivity contribution < 1.29 is 9.21 Å². The second-order valence-electron chi connectivity index (χ2n) is 5.06. The Morgan fingerprint density at radius 1 is 1.18 bits per heavy atom. The lowest BCUT2D eigenvalue weighted by Crippen LogP contribution is -2.14. The predicted molar refractivity (Wildman–Crippen MR) is 89.7 cm³/mol. The summed E-state index contributed by atoms with van der Waals surface area (Å²) in [6.45, 7) is 1.91. The fourth-order valence-electron chi connectivity index (χ4n) is 2.27. The molecule has 1 N–H and O–H groups in total. The Bertz CT molecular complexity index is 855. The van der Waals surface area contributed by atoms with Gasteiger partial charge in [-0.05, 0) is 36.8 Å². The summed E-state index contributed by atoms with van der Waals surface area (Å²) >= 11 is 12.2. The lowest BCUT2D eigenvalue weighted by atomic mass is 10.1. The summed E-state index contributed by atoms with van der Waals surface area (Å²) in [5.74, 6) is -0.160. The van der Waals surface area contributed by atoms with Gasteiger partial charge in [-0.3, -0.25) is 4.79 Å². The molecule has 1 amide bonds. The molecule has 0 aliphatic carbocycles. The summed E-state index contributed by atoms with van der Waals surface area (Å²) < 4.78 is 5.49. The first kappa shape index (κ1) is 14.9. The maximum atomic E-state index is 12.2. The van der Waals surface area contributed by atoms with Crippen LogP contribution in [0.3, 0.4) is 0 Å². The van der Waals surface area contributed by atoms with Crippen LogP contribution in [-0.2, 0) is 11.2 Å². The Morgan fingerprint density at radius 3 is 2.73 bits per heavy atom. The van der Waals surface area contributed by atoms with Crippen molar-refractivity contribution in [3.63, 3.8) is 0 Å². The van der Waals surface area contributed by atoms with E-state index >= 15 is 0 Å². The number of nitrogens with one attached hydrogen (secondary N) is 1. The van der Waals surface area contributed by atoms with Crippen LogP contribution in [0.5, 0.6) is 0 Å². The molecule has 5 heteroatoms. The largest absolute Gasteiger partial charge is 0.464 e. The zero-order chi connectivity index (χ0) is 15.7. The molecule has 0 bridgehead atoms. The molecule has 0 saturated carbocycles. The van der Waals surface area contributed by atoms with E-state index in [0.717, 1.165) is 22.1 Å². The minimum absolute atomic E-state index is 0.160. The van der Waals surface area contributed by atoms with E-state index in [1.54, 1.807) is 18.4 Å². The molecule has 0 unspecified atom stereocenters. The second-order valence-corrected chi connectivity index (χ2v) is 5.88. The van der Waals surface area contributed by atoms with Crippen LogP contribution in [-0.4, -0.2) is 5.91 Å². The van der Waals surface area contributed by atoms with Gasteiger partial charge in [0.2, 0.25) is 5.91 Å². The minimum atomic E-state index is -0.160. The van der Waals surface area contributed by atoms with Crippen LogP contribution in [0.25, 0.3) is 11.0 Å². The molecular weight excluding hydrogens is 321 g/mol. The zero-order valence-electron chi connectivity index (χ0n) is 11.8. The van der Waals surface area contributed by atoms with E-state index in [0.29, 0.717) is 15.7 Å². The first-order valence-electron chi connectivity index (χ1n) is 6.75. The summed E-state index contributed by atoms with van der Waals surface area (Å²) in [4.78, 5) is 12.2. The molecule has 0 saturated heterocycles. The Labute approximate surface area is 137 Å². The number of benzene rings is 2. The number of para-hydroxylation sites is 1. The molecule has 0 fully saturated rings. The normalized spacial score (nSPS) is 10.9. The van der Waals surface area contributed by atoms with Crippen molar-refractivity contribution in [2.45, 2.75) is 13.3 Å². The molecule has 3 nitrogen and oxygen atoms in total. The number of carbonyl (C=O) groups excluding carboxylic acids is 1. The number of amides is 1. The standard InChI is InChI=1S/C17H13Cl2NO2/c1-10-6-16-12(8-14(10)19)11(9-22-16)7-17(21)20-15-5-3-2-4-13(15)18/h2-6,8-9H,7H2,1H3,(H,20,21). The Kier molecular flexibility index (Phi) is 4.10. The number of fused-ring (bicyclic) bond motifs is 1. The first-order chi connectivity index (χ1) is 10.5. The van der Waals surface area contributed by atoms with E-state index in [-0.39, 0.29) is 12.3 Å². The Balaban J connectivity index is 1.83.